The van der Waals surface area contributed by atoms with Gasteiger partial charge in [-0.05, 0) is 29.5 Å². The van der Waals surface area contributed by atoms with E-state index < -0.39 is 0 Å². The molecule has 2 rings (SSSR count). The molecule has 0 N–H and O–H groups in total. The van der Waals surface area contributed by atoms with Crippen LogP contribution in [0.5, 0.6) is 0 Å². The molecule has 2 heterocycles. The molecule has 84 valence electrons. The van der Waals surface area contributed by atoms with Gasteiger partial charge in [-0.1, -0.05) is 23.2 Å². The Morgan fingerprint density at radius 1 is 1.25 bits per heavy atom. The van der Waals surface area contributed by atoms with E-state index in [1.54, 1.807) is 4.68 Å². The average molecular weight is 369 g/mol. The van der Waals surface area contributed by atoms with Crippen LogP contribution >= 0.6 is 45.8 Å². The van der Waals surface area contributed by atoms with Crippen LogP contribution in [-0.4, -0.2) is 19.7 Å². The van der Waals surface area contributed by atoms with Crippen LogP contribution < -0.4 is 0 Å². The maximum Gasteiger partial charge on any atom is 0.166 e. The van der Waals surface area contributed by atoms with Gasteiger partial charge in [0.15, 0.2) is 5.82 Å². The number of nitrogens with zero attached hydrogens (tertiary/aromatic N) is 4. The van der Waals surface area contributed by atoms with Crippen molar-refractivity contribution in [2.75, 3.05) is 0 Å². The molecule has 2 aromatic rings. The molecule has 0 spiro atoms. The molecule has 0 saturated heterocycles. The lowest BCUT2D eigenvalue weighted by atomic mass is 10.2. The largest absolute Gasteiger partial charge is 0.275 e. The molecule has 0 amide bonds. The Bertz CT molecular complexity index is 529. The summed E-state index contributed by atoms with van der Waals surface area (Å²) in [6, 6.07) is 0. The minimum absolute atomic E-state index is 0.360. The van der Waals surface area contributed by atoms with Gasteiger partial charge in [-0.3, -0.25) is 4.68 Å². The Morgan fingerprint density at radius 2 is 1.81 bits per heavy atom. The summed E-state index contributed by atoms with van der Waals surface area (Å²) in [5.41, 5.74) is 1.68. The zero-order chi connectivity index (χ0) is 11.9. The number of hydrogen-bond donors (Lipinski definition) is 0. The van der Waals surface area contributed by atoms with Crippen LogP contribution in [0.25, 0.3) is 11.4 Å². The van der Waals surface area contributed by atoms with Gasteiger partial charge < -0.3 is 0 Å². The first kappa shape index (κ1) is 12.1. The van der Waals surface area contributed by atoms with Gasteiger partial charge in [0.2, 0.25) is 0 Å². The van der Waals surface area contributed by atoms with Crippen molar-refractivity contribution < 1.29 is 0 Å². The summed E-state index contributed by atoms with van der Waals surface area (Å²) in [4.78, 5) is 8.37. The highest BCUT2D eigenvalue weighted by Crippen LogP contribution is 2.27. The zero-order valence-corrected chi connectivity index (χ0v) is 12.2. The molecule has 2 aromatic heterocycles. The van der Waals surface area contributed by atoms with E-state index in [0.717, 1.165) is 11.3 Å². The summed E-state index contributed by atoms with van der Waals surface area (Å²) >= 11 is 13.9. The topological polar surface area (TPSA) is 43.6 Å². The Balaban J connectivity index is 2.61. The smallest absolute Gasteiger partial charge is 0.166 e. The molecule has 0 radical (unpaired) electrons. The van der Waals surface area contributed by atoms with Crippen molar-refractivity contribution in [2.24, 2.45) is 7.05 Å². The fourth-order valence-corrected chi connectivity index (χ4v) is 1.96. The molecule has 0 atom stereocenters. The van der Waals surface area contributed by atoms with Crippen LogP contribution in [-0.2, 0) is 7.05 Å². The molecule has 0 fully saturated rings. The average Bonchev–Trinajstić information content (AvgIpc) is 2.53. The quantitative estimate of drug-likeness (QED) is 0.573. The van der Waals surface area contributed by atoms with Crippen molar-refractivity contribution in [2.45, 2.75) is 6.92 Å². The molecule has 0 aliphatic heterocycles. The minimum Gasteiger partial charge on any atom is -0.275 e. The summed E-state index contributed by atoms with van der Waals surface area (Å²) in [6.07, 6.45) is 1.84. The number of halogens is 3. The second-order valence-corrected chi connectivity index (χ2v) is 5.04. The van der Waals surface area contributed by atoms with Crippen molar-refractivity contribution in [3.8, 4) is 11.4 Å². The summed E-state index contributed by atoms with van der Waals surface area (Å²) in [5.74, 6) is 0.501. The van der Waals surface area contributed by atoms with Crippen LogP contribution in [0.2, 0.25) is 10.3 Å². The third-order valence-corrected chi connectivity index (χ3v) is 4.23. The molecule has 16 heavy (non-hydrogen) atoms. The Kier molecular flexibility index (Phi) is 3.37. The van der Waals surface area contributed by atoms with Crippen LogP contribution in [0, 0.1) is 10.5 Å². The van der Waals surface area contributed by atoms with Gasteiger partial charge in [-0.15, -0.1) is 0 Å². The van der Waals surface area contributed by atoms with E-state index in [1.807, 2.05) is 42.8 Å². The maximum atomic E-state index is 5.96. The SMILES string of the molecule is Cc1nn(C)cc1-c1nc(Cl)c(I)c(Cl)n1. The molecular formula is C9H7Cl2IN4. The zero-order valence-electron chi connectivity index (χ0n) is 8.50. The predicted molar refractivity (Wildman–Crippen MR) is 71.7 cm³/mol. The first-order chi connectivity index (χ1) is 7.49. The lowest BCUT2D eigenvalue weighted by molar-refractivity contribution is 0.756. The second kappa shape index (κ2) is 4.46. The molecule has 0 saturated carbocycles. The lowest BCUT2D eigenvalue weighted by Gasteiger charge is -2.02. The molecule has 0 aliphatic carbocycles. The summed E-state index contributed by atoms with van der Waals surface area (Å²) in [7, 11) is 1.84. The fourth-order valence-electron chi connectivity index (χ4n) is 1.33. The third kappa shape index (κ3) is 2.16. The van der Waals surface area contributed by atoms with Gasteiger partial charge in [0.05, 0.1) is 14.8 Å². The normalized spacial score (nSPS) is 10.8. The predicted octanol–water partition coefficient (Wildman–Crippen LogP) is 3.10. The standard InChI is InChI=1S/C9H7Cl2IN4/c1-4-5(3-16(2)15-4)9-13-7(10)6(12)8(11)14-9/h3H,1-2H3. The van der Waals surface area contributed by atoms with Crippen molar-refractivity contribution in [3.05, 3.63) is 25.8 Å². The third-order valence-electron chi connectivity index (χ3n) is 2.02. The highest BCUT2D eigenvalue weighted by Gasteiger charge is 2.13. The number of aryl methyl sites for hydroxylation is 2. The highest BCUT2D eigenvalue weighted by atomic mass is 127. The Hall–Kier alpha value is -0.400. The van der Waals surface area contributed by atoms with Gasteiger partial charge >= 0.3 is 0 Å². The van der Waals surface area contributed by atoms with E-state index in [-0.39, 0.29) is 0 Å². The van der Waals surface area contributed by atoms with Crippen molar-refractivity contribution in [3.63, 3.8) is 0 Å². The first-order valence-corrected chi connectivity index (χ1v) is 6.21. The van der Waals surface area contributed by atoms with Crippen molar-refractivity contribution in [1.29, 1.82) is 0 Å². The van der Waals surface area contributed by atoms with Gasteiger partial charge in [-0.2, -0.15) is 5.10 Å². The molecular weight excluding hydrogens is 362 g/mol. The fraction of sp³-hybridized carbons (Fsp3) is 0.222. The van der Waals surface area contributed by atoms with Crippen molar-refractivity contribution >= 4 is 45.8 Å². The van der Waals surface area contributed by atoms with Gasteiger partial charge in [0.25, 0.3) is 0 Å². The summed E-state index contributed by atoms with van der Waals surface area (Å²) in [6.45, 7) is 1.89. The minimum atomic E-state index is 0.360. The Labute approximate surface area is 116 Å². The number of aromatic nitrogens is 4. The van der Waals surface area contributed by atoms with E-state index >= 15 is 0 Å². The number of rotatable bonds is 1. The van der Waals surface area contributed by atoms with Gasteiger partial charge in [0.1, 0.15) is 10.3 Å². The van der Waals surface area contributed by atoms with E-state index in [4.69, 9.17) is 23.2 Å². The number of hydrogen-bond acceptors (Lipinski definition) is 3. The van der Waals surface area contributed by atoms with Crippen LogP contribution in [0.15, 0.2) is 6.20 Å². The monoisotopic (exact) mass is 368 g/mol. The second-order valence-electron chi connectivity index (χ2n) is 3.24. The Morgan fingerprint density at radius 3 is 2.25 bits per heavy atom. The molecule has 0 aromatic carbocycles. The first-order valence-electron chi connectivity index (χ1n) is 4.38. The molecule has 4 nitrogen and oxygen atoms in total. The van der Waals surface area contributed by atoms with Crippen LogP contribution in [0.1, 0.15) is 5.69 Å². The molecule has 0 bridgehead atoms. The lowest BCUT2D eigenvalue weighted by Crippen LogP contribution is -1.94. The van der Waals surface area contributed by atoms with Crippen LogP contribution in [0.3, 0.4) is 0 Å². The van der Waals surface area contributed by atoms with E-state index in [2.05, 4.69) is 15.1 Å². The summed E-state index contributed by atoms with van der Waals surface area (Å²) < 4.78 is 2.36. The molecule has 7 heteroatoms. The maximum absolute atomic E-state index is 5.96. The molecule has 0 unspecified atom stereocenters. The van der Waals surface area contributed by atoms with E-state index in [0.29, 0.717) is 19.7 Å². The van der Waals surface area contributed by atoms with E-state index in [1.165, 1.54) is 0 Å². The van der Waals surface area contributed by atoms with E-state index in [9.17, 15) is 0 Å². The van der Waals surface area contributed by atoms with Crippen LogP contribution in [0.4, 0.5) is 0 Å². The van der Waals surface area contributed by atoms with Gasteiger partial charge in [0, 0.05) is 13.2 Å². The molecule has 0 aliphatic rings. The summed E-state index contributed by atoms with van der Waals surface area (Å²) in [5, 5.41) is 4.94. The van der Waals surface area contributed by atoms with Gasteiger partial charge in [-0.25, -0.2) is 9.97 Å². The van der Waals surface area contributed by atoms with Crippen molar-refractivity contribution in [1.82, 2.24) is 19.7 Å². The highest BCUT2D eigenvalue weighted by molar-refractivity contribution is 14.1.